The van der Waals surface area contributed by atoms with Crippen LogP contribution in [0.15, 0.2) is 55.6 Å². The summed E-state index contributed by atoms with van der Waals surface area (Å²) in [6.45, 7) is 8.82. The highest BCUT2D eigenvalue weighted by atomic mass is 16.5. The molecule has 0 spiro atoms. The number of nitrogens with one attached hydrogen (secondary N) is 2. The summed E-state index contributed by atoms with van der Waals surface area (Å²) in [4.78, 5) is 36.8. The van der Waals surface area contributed by atoms with Gasteiger partial charge < -0.3 is 20.5 Å². The summed E-state index contributed by atoms with van der Waals surface area (Å²) in [5, 5.41) is 14.5. The zero-order valence-electron chi connectivity index (χ0n) is 17.5. The van der Waals surface area contributed by atoms with Crippen LogP contribution < -0.4 is 10.6 Å². The third kappa shape index (κ3) is 9.52. The van der Waals surface area contributed by atoms with Crippen LogP contribution in [-0.2, 0) is 19.1 Å². The Morgan fingerprint density at radius 2 is 1.87 bits per heavy atom. The predicted octanol–water partition coefficient (Wildman–Crippen LogP) is 2.43. The van der Waals surface area contributed by atoms with Crippen molar-refractivity contribution in [3.8, 4) is 0 Å². The van der Waals surface area contributed by atoms with Crippen molar-refractivity contribution in [3.05, 3.63) is 61.2 Å². The van der Waals surface area contributed by atoms with Gasteiger partial charge in [-0.1, -0.05) is 42.5 Å². The Morgan fingerprint density at radius 1 is 1.17 bits per heavy atom. The minimum atomic E-state index is -0.639. The van der Waals surface area contributed by atoms with Gasteiger partial charge in [-0.2, -0.15) is 0 Å². The number of aliphatic hydroxyl groups is 1. The van der Waals surface area contributed by atoms with Gasteiger partial charge in [0, 0.05) is 18.9 Å². The second kappa shape index (κ2) is 14.1. The molecule has 0 unspecified atom stereocenters. The van der Waals surface area contributed by atoms with Crippen LogP contribution in [0, 0.1) is 5.92 Å². The van der Waals surface area contributed by atoms with Crippen LogP contribution in [0.2, 0.25) is 0 Å². The van der Waals surface area contributed by atoms with Crippen molar-refractivity contribution in [2.24, 2.45) is 5.92 Å². The van der Waals surface area contributed by atoms with Gasteiger partial charge in [0.1, 0.15) is 6.10 Å². The van der Waals surface area contributed by atoms with E-state index in [0.29, 0.717) is 12.8 Å². The quantitative estimate of drug-likeness (QED) is 0.319. The van der Waals surface area contributed by atoms with E-state index in [2.05, 4.69) is 23.8 Å². The van der Waals surface area contributed by atoms with Gasteiger partial charge in [-0.05, 0) is 25.3 Å². The van der Waals surface area contributed by atoms with E-state index in [-0.39, 0.29) is 49.8 Å². The van der Waals surface area contributed by atoms with Crippen LogP contribution >= 0.6 is 0 Å². The van der Waals surface area contributed by atoms with E-state index in [1.54, 1.807) is 19.1 Å². The molecule has 0 fully saturated rings. The standard InChI is InChI=1S/C23H32N2O5/c1-4-6-13-22(28)30-20(18-11-8-7-9-12-18)15-24-23(29)19(10-5-2)14-21(27)25-17(3)16-26/h4-5,7-9,11-12,17,19-20,26H,1-2,6,10,13-16H2,3H3,(H,24,29)(H,25,27)/t17-,19-,20-/m1/s1. The summed E-state index contributed by atoms with van der Waals surface area (Å²) in [6, 6.07) is 8.77. The third-order valence-corrected chi connectivity index (χ3v) is 4.39. The van der Waals surface area contributed by atoms with Crippen molar-refractivity contribution in [1.82, 2.24) is 10.6 Å². The molecule has 7 heteroatoms. The SMILES string of the molecule is C=CCCC(=O)O[C@H](CNC(=O)[C@H](CC=C)CC(=O)N[C@H](C)CO)c1ccccc1. The Balaban J connectivity index is 2.76. The number of hydrogen-bond acceptors (Lipinski definition) is 5. The van der Waals surface area contributed by atoms with Crippen LogP contribution in [0.3, 0.4) is 0 Å². The Kier molecular flexibility index (Phi) is 11.8. The lowest BCUT2D eigenvalue weighted by atomic mass is 9.99. The third-order valence-electron chi connectivity index (χ3n) is 4.39. The highest BCUT2D eigenvalue weighted by Crippen LogP contribution is 2.18. The number of carbonyl (C=O) groups excluding carboxylic acids is 3. The number of amides is 2. The number of esters is 1. The lowest BCUT2D eigenvalue weighted by molar-refractivity contribution is -0.150. The van der Waals surface area contributed by atoms with Crippen LogP contribution in [0.4, 0.5) is 0 Å². The first-order valence-electron chi connectivity index (χ1n) is 10.0. The fourth-order valence-corrected chi connectivity index (χ4v) is 2.76. The number of hydrogen-bond donors (Lipinski definition) is 3. The van der Waals surface area contributed by atoms with Gasteiger partial charge in [-0.25, -0.2) is 0 Å². The van der Waals surface area contributed by atoms with Crippen LogP contribution in [0.25, 0.3) is 0 Å². The fourth-order valence-electron chi connectivity index (χ4n) is 2.76. The summed E-state index contributed by atoms with van der Waals surface area (Å²) in [5.74, 6) is -1.64. The van der Waals surface area contributed by atoms with Crippen molar-refractivity contribution in [3.63, 3.8) is 0 Å². The van der Waals surface area contributed by atoms with E-state index in [9.17, 15) is 14.4 Å². The molecule has 1 rings (SSSR count). The van der Waals surface area contributed by atoms with Gasteiger partial charge in [0.2, 0.25) is 11.8 Å². The second-order valence-electron chi connectivity index (χ2n) is 7.04. The van der Waals surface area contributed by atoms with Gasteiger partial charge in [-0.3, -0.25) is 14.4 Å². The molecule has 0 aromatic heterocycles. The maximum atomic E-state index is 12.7. The van der Waals surface area contributed by atoms with E-state index < -0.39 is 12.0 Å². The molecule has 0 aliphatic carbocycles. The summed E-state index contributed by atoms with van der Waals surface area (Å²) >= 11 is 0. The molecule has 0 aliphatic heterocycles. The average Bonchev–Trinajstić information content (AvgIpc) is 2.75. The molecule has 1 aromatic carbocycles. The molecule has 0 saturated heterocycles. The molecule has 164 valence electrons. The van der Waals surface area contributed by atoms with Crippen molar-refractivity contribution < 1.29 is 24.2 Å². The number of rotatable bonds is 14. The second-order valence-corrected chi connectivity index (χ2v) is 7.04. The molecule has 0 radical (unpaired) electrons. The molecular weight excluding hydrogens is 384 g/mol. The number of ether oxygens (including phenoxy) is 1. The number of aliphatic hydroxyl groups excluding tert-OH is 1. The number of benzene rings is 1. The molecule has 7 nitrogen and oxygen atoms in total. The molecule has 2 amide bonds. The van der Waals surface area contributed by atoms with E-state index in [1.807, 2.05) is 30.3 Å². The average molecular weight is 417 g/mol. The van der Waals surface area contributed by atoms with Gasteiger partial charge in [0.25, 0.3) is 0 Å². The van der Waals surface area contributed by atoms with E-state index in [4.69, 9.17) is 9.84 Å². The van der Waals surface area contributed by atoms with Crippen LogP contribution in [0.5, 0.6) is 0 Å². The maximum absolute atomic E-state index is 12.7. The highest BCUT2D eigenvalue weighted by molar-refractivity contribution is 5.86. The van der Waals surface area contributed by atoms with Gasteiger partial charge in [0.05, 0.1) is 19.1 Å². The first-order valence-corrected chi connectivity index (χ1v) is 10.0. The van der Waals surface area contributed by atoms with Gasteiger partial charge >= 0.3 is 5.97 Å². The lowest BCUT2D eigenvalue weighted by Crippen LogP contribution is -2.40. The summed E-state index contributed by atoms with van der Waals surface area (Å²) in [6.07, 6.45) is 3.60. The Bertz CT molecular complexity index is 705. The summed E-state index contributed by atoms with van der Waals surface area (Å²) < 4.78 is 5.55. The zero-order chi connectivity index (χ0) is 22.4. The fraction of sp³-hybridized carbons (Fsp3) is 0.435. The first kappa shape index (κ1) is 25.1. The van der Waals surface area contributed by atoms with Gasteiger partial charge in [0.15, 0.2) is 0 Å². The lowest BCUT2D eigenvalue weighted by Gasteiger charge is -2.21. The minimum Gasteiger partial charge on any atom is -0.456 e. The Hall–Kier alpha value is -2.93. The van der Waals surface area contributed by atoms with Crippen LogP contribution in [0.1, 0.15) is 44.3 Å². The first-order chi connectivity index (χ1) is 14.4. The Morgan fingerprint density at radius 3 is 2.47 bits per heavy atom. The number of carbonyl (C=O) groups is 3. The van der Waals surface area contributed by atoms with E-state index in [1.165, 1.54) is 0 Å². The molecule has 0 aliphatic rings. The number of allylic oxidation sites excluding steroid dienone is 2. The van der Waals surface area contributed by atoms with Crippen molar-refractivity contribution >= 4 is 17.8 Å². The smallest absolute Gasteiger partial charge is 0.306 e. The molecule has 30 heavy (non-hydrogen) atoms. The zero-order valence-corrected chi connectivity index (χ0v) is 17.5. The van der Waals surface area contributed by atoms with Gasteiger partial charge in [-0.15, -0.1) is 13.2 Å². The molecule has 0 heterocycles. The van der Waals surface area contributed by atoms with Crippen molar-refractivity contribution in [2.75, 3.05) is 13.2 Å². The molecule has 3 N–H and O–H groups in total. The molecular formula is C23H32N2O5. The predicted molar refractivity (Wildman–Crippen MR) is 115 cm³/mol. The summed E-state index contributed by atoms with van der Waals surface area (Å²) in [5.41, 5.74) is 0.763. The maximum Gasteiger partial charge on any atom is 0.306 e. The monoisotopic (exact) mass is 416 g/mol. The minimum absolute atomic E-state index is 0.0304. The molecule has 3 atom stereocenters. The Labute approximate surface area is 178 Å². The normalized spacial score (nSPS) is 13.4. The van der Waals surface area contributed by atoms with E-state index >= 15 is 0 Å². The molecule has 0 saturated carbocycles. The molecule has 1 aromatic rings. The largest absolute Gasteiger partial charge is 0.456 e. The van der Waals surface area contributed by atoms with Crippen LogP contribution in [-0.4, -0.2) is 42.1 Å². The van der Waals surface area contributed by atoms with Crippen molar-refractivity contribution in [2.45, 2.75) is 44.8 Å². The summed E-state index contributed by atoms with van der Waals surface area (Å²) in [7, 11) is 0. The van der Waals surface area contributed by atoms with E-state index in [0.717, 1.165) is 5.56 Å². The topological polar surface area (TPSA) is 105 Å². The molecule has 0 bridgehead atoms. The van der Waals surface area contributed by atoms with Crippen molar-refractivity contribution in [1.29, 1.82) is 0 Å². The highest BCUT2D eigenvalue weighted by Gasteiger charge is 2.24.